The molecule has 2 heterocycles. The van der Waals surface area contributed by atoms with Gasteiger partial charge >= 0.3 is 5.97 Å². The molecule has 0 aliphatic carbocycles. The molecule has 0 saturated heterocycles. The number of nitrogens with zero attached hydrogens (tertiary/aromatic N) is 4. The van der Waals surface area contributed by atoms with Crippen LogP contribution in [0.3, 0.4) is 0 Å². The van der Waals surface area contributed by atoms with Crippen LogP contribution in [0.1, 0.15) is 22.4 Å². The Kier molecular flexibility index (Phi) is 4.27. The largest absolute Gasteiger partial charge is 0.465 e. The van der Waals surface area contributed by atoms with Gasteiger partial charge in [-0.1, -0.05) is 29.9 Å². The van der Waals surface area contributed by atoms with E-state index in [1.54, 1.807) is 0 Å². The molecule has 2 aromatic heterocycles. The van der Waals surface area contributed by atoms with Crippen LogP contribution in [0.15, 0.2) is 9.50 Å². The molecule has 2 N–H and O–H groups in total. The number of esters is 1. The summed E-state index contributed by atoms with van der Waals surface area (Å²) in [5.41, 5.74) is 0. The van der Waals surface area contributed by atoms with Crippen molar-refractivity contribution in [2.24, 2.45) is 0 Å². The minimum Gasteiger partial charge on any atom is -0.465 e. The van der Waals surface area contributed by atoms with Gasteiger partial charge < -0.3 is 10.6 Å². The number of hydrogen-bond acceptors (Lipinski definition) is 8. The van der Waals surface area contributed by atoms with Crippen LogP contribution in [0.4, 0.5) is 0 Å². The average molecular weight is 320 g/mol. The molecule has 0 aromatic carbocycles. The van der Waals surface area contributed by atoms with Gasteiger partial charge in [-0.15, -0.1) is 10.2 Å². The first-order valence-corrected chi connectivity index (χ1v) is 7.19. The zero-order chi connectivity index (χ0) is 14.0. The molecule has 0 spiro atoms. The maximum absolute atomic E-state index is 11.4. The number of methoxy groups -OCH3 is 1. The van der Waals surface area contributed by atoms with E-state index < -0.39 is 5.97 Å². The summed E-state index contributed by atoms with van der Waals surface area (Å²) in [6, 6.07) is 0. The Morgan fingerprint density at radius 2 is 2.32 bits per heavy atom. The summed E-state index contributed by atoms with van der Waals surface area (Å²) in [6.07, 6.45) is 0.677. The molecular weight excluding hydrogens is 310 g/mol. The van der Waals surface area contributed by atoms with Crippen molar-refractivity contribution >= 4 is 40.7 Å². The van der Waals surface area contributed by atoms with Crippen molar-refractivity contribution in [3.8, 4) is 0 Å². The Morgan fingerprint density at radius 1 is 1.58 bits per heavy atom. The quantitative estimate of drug-likeness (QED) is 0.675. The molecule has 0 atom stereocenters. The van der Waals surface area contributed by atoms with E-state index in [0.717, 1.165) is 11.3 Å². The van der Waals surface area contributed by atoms with Crippen molar-refractivity contribution in [1.82, 2.24) is 19.9 Å². The fourth-order valence-electron chi connectivity index (χ4n) is 1.24. The number of nitrogen functional groups attached to an aromatic ring is 1. The fraction of sp³-hybridized carbons (Fsp3) is 0.333. The van der Waals surface area contributed by atoms with Gasteiger partial charge in [0.15, 0.2) is 20.2 Å². The highest BCUT2D eigenvalue weighted by molar-refractivity contribution is 8.00. The molecule has 0 unspecified atom stereocenters. The second kappa shape index (κ2) is 5.76. The normalized spacial score (nSPS) is 10.7. The lowest BCUT2D eigenvalue weighted by Gasteiger charge is -1.98. The topological polar surface area (TPSA) is 95.9 Å². The van der Waals surface area contributed by atoms with Crippen LogP contribution >= 0.6 is 34.7 Å². The molecule has 10 heteroatoms. The number of rotatable bonds is 4. The molecule has 0 aliphatic rings. The molecule has 0 aliphatic heterocycles. The van der Waals surface area contributed by atoms with Gasteiger partial charge in [0.25, 0.3) is 0 Å². The highest BCUT2D eigenvalue weighted by Gasteiger charge is 2.19. The number of aryl methyl sites for hydroxylation is 1. The summed E-state index contributed by atoms with van der Waals surface area (Å²) in [5, 5.41) is 8.47. The lowest BCUT2D eigenvalue weighted by atomic mass is 10.5. The summed E-state index contributed by atoms with van der Waals surface area (Å²) < 4.78 is 6.54. The molecule has 0 saturated carbocycles. The molecule has 102 valence electrons. The van der Waals surface area contributed by atoms with Crippen molar-refractivity contribution in [2.45, 2.75) is 22.8 Å². The van der Waals surface area contributed by atoms with E-state index in [-0.39, 0.29) is 10.0 Å². The van der Waals surface area contributed by atoms with E-state index in [0.29, 0.717) is 21.7 Å². The molecule has 0 fully saturated rings. The van der Waals surface area contributed by atoms with Crippen molar-refractivity contribution < 1.29 is 9.53 Å². The van der Waals surface area contributed by atoms with Crippen LogP contribution in [0, 0.1) is 0 Å². The number of carbonyl (C=O) groups is 1. The van der Waals surface area contributed by atoms with Gasteiger partial charge in [-0.05, 0) is 11.8 Å². The van der Waals surface area contributed by atoms with Gasteiger partial charge in [0.2, 0.25) is 5.16 Å². The first-order chi connectivity index (χ1) is 9.06. The molecule has 7 nitrogen and oxygen atoms in total. The predicted molar refractivity (Wildman–Crippen MR) is 72.1 cm³/mol. The standard InChI is InChI=1S/C9H10ClN5O2S2/c1-3-4-13-14-8(15(4)11)19-9-12-6(10)5(18-9)7(16)17-2/h3,11H2,1-2H3. The fourth-order valence-corrected chi connectivity index (χ4v) is 3.45. The maximum atomic E-state index is 11.4. The van der Waals surface area contributed by atoms with E-state index >= 15 is 0 Å². The number of hydrogen-bond donors (Lipinski definition) is 1. The third-order valence-electron chi connectivity index (χ3n) is 2.17. The van der Waals surface area contributed by atoms with Crippen LogP contribution in [-0.2, 0) is 11.2 Å². The third-order valence-corrected chi connectivity index (χ3v) is 4.61. The summed E-state index contributed by atoms with van der Waals surface area (Å²) >= 11 is 8.18. The molecule has 2 rings (SSSR count). The van der Waals surface area contributed by atoms with Gasteiger partial charge in [0.05, 0.1) is 7.11 Å². The van der Waals surface area contributed by atoms with Gasteiger partial charge in [0, 0.05) is 6.42 Å². The van der Waals surface area contributed by atoms with Gasteiger partial charge in [-0.3, -0.25) is 0 Å². The molecular formula is C9H10ClN5O2S2. The second-order valence-electron chi connectivity index (χ2n) is 3.32. The van der Waals surface area contributed by atoms with E-state index in [9.17, 15) is 4.79 Å². The Labute approximate surface area is 122 Å². The predicted octanol–water partition coefficient (Wildman–Crippen LogP) is 1.60. The van der Waals surface area contributed by atoms with Gasteiger partial charge in [-0.2, -0.15) is 0 Å². The van der Waals surface area contributed by atoms with E-state index in [2.05, 4.69) is 19.9 Å². The van der Waals surface area contributed by atoms with Crippen LogP contribution < -0.4 is 5.84 Å². The summed E-state index contributed by atoms with van der Waals surface area (Å²) in [5.74, 6) is 5.96. The number of thiazole rings is 1. The van der Waals surface area contributed by atoms with Crippen molar-refractivity contribution in [3.63, 3.8) is 0 Å². The molecule has 2 aromatic rings. The first-order valence-electron chi connectivity index (χ1n) is 5.18. The number of nitrogens with two attached hydrogens (primary N) is 1. The minimum atomic E-state index is -0.516. The Morgan fingerprint density at radius 3 is 2.89 bits per heavy atom. The number of carbonyl (C=O) groups excluding carboxylic acids is 1. The Hall–Kier alpha value is -1.32. The lowest BCUT2D eigenvalue weighted by molar-refractivity contribution is 0.0606. The smallest absolute Gasteiger partial charge is 0.351 e. The first kappa shape index (κ1) is 14.1. The molecule has 0 radical (unpaired) electrons. The molecule has 0 bridgehead atoms. The summed E-state index contributed by atoms with van der Waals surface area (Å²) in [6.45, 7) is 1.93. The maximum Gasteiger partial charge on any atom is 0.351 e. The zero-order valence-electron chi connectivity index (χ0n) is 10.1. The van der Waals surface area contributed by atoms with Crippen molar-refractivity contribution in [1.29, 1.82) is 0 Å². The zero-order valence-corrected chi connectivity index (χ0v) is 12.5. The van der Waals surface area contributed by atoms with Crippen molar-refractivity contribution in [3.05, 3.63) is 15.9 Å². The van der Waals surface area contributed by atoms with Crippen LogP contribution in [-0.4, -0.2) is 32.9 Å². The summed E-state index contributed by atoms with van der Waals surface area (Å²) in [7, 11) is 1.29. The van der Waals surface area contributed by atoms with Crippen molar-refractivity contribution in [2.75, 3.05) is 13.0 Å². The van der Waals surface area contributed by atoms with E-state index in [1.807, 2.05) is 6.92 Å². The monoisotopic (exact) mass is 319 g/mol. The van der Waals surface area contributed by atoms with Crippen LogP contribution in [0.5, 0.6) is 0 Å². The highest BCUT2D eigenvalue weighted by atomic mass is 35.5. The molecule has 19 heavy (non-hydrogen) atoms. The highest BCUT2D eigenvalue weighted by Crippen LogP contribution is 2.34. The Balaban J connectivity index is 2.24. The lowest BCUT2D eigenvalue weighted by Crippen LogP contribution is -2.13. The third kappa shape index (κ3) is 2.82. The molecule has 0 amide bonds. The minimum absolute atomic E-state index is 0.109. The number of halogens is 1. The number of aromatic nitrogens is 4. The van der Waals surface area contributed by atoms with Crippen LogP contribution in [0.25, 0.3) is 0 Å². The SMILES string of the molecule is CCc1nnc(Sc2nc(Cl)c(C(=O)OC)s2)n1N. The summed E-state index contributed by atoms with van der Waals surface area (Å²) in [4.78, 5) is 15.7. The average Bonchev–Trinajstić information content (AvgIpc) is 2.93. The number of ether oxygens (including phenoxy) is 1. The van der Waals surface area contributed by atoms with E-state index in [4.69, 9.17) is 17.4 Å². The van der Waals surface area contributed by atoms with Gasteiger partial charge in [0.1, 0.15) is 0 Å². The van der Waals surface area contributed by atoms with E-state index in [1.165, 1.54) is 23.5 Å². The van der Waals surface area contributed by atoms with Crippen LogP contribution in [0.2, 0.25) is 5.15 Å². The van der Waals surface area contributed by atoms with Gasteiger partial charge in [-0.25, -0.2) is 14.5 Å². The Bertz CT molecular complexity index is 612. The second-order valence-corrected chi connectivity index (χ2v) is 5.89.